The summed E-state index contributed by atoms with van der Waals surface area (Å²) in [4.78, 5) is 30.9. The van der Waals surface area contributed by atoms with Crippen molar-refractivity contribution in [2.75, 3.05) is 0 Å². The van der Waals surface area contributed by atoms with E-state index in [1.807, 2.05) is 30.3 Å². The van der Waals surface area contributed by atoms with Gasteiger partial charge in [0.15, 0.2) is 0 Å². The molecule has 0 radical (unpaired) electrons. The van der Waals surface area contributed by atoms with Crippen molar-refractivity contribution in [3.05, 3.63) is 116 Å². The molecule has 0 amide bonds. The van der Waals surface area contributed by atoms with E-state index in [1.165, 1.54) is 36.4 Å². The van der Waals surface area contributed by atoms with Crippen molar-refractivity contribution in [3.8, 4) is 11.6 Å². The third kappa shape index (κ3) is 5.57. The van der Waals surface area contributed by atoms with Gasteiger partial charge in [-0.2, -0.15) is 0 Å². The van der Waals surface area contributed by atoms with Crippen LogP contribution in [0.25, 0.3) is 5.69 Å². The van der Waals surface area contributed by atoms with Gasteiger partial charge >= 0.3 is 5.69 Å². The van der Waals surface area contributed by atoms with E-state index in [1.54, 1.807) is 12.1 Å². The molecular weight excluding hydrogens is 492 g/mol. The molecule has 3 N–H and O–H groups in total. The summed E-state index contributed by atoms with van der Waals surface area (Å²) in [7, 11) is -3.75. The second kappa shape index (κ2) is 10.1. The molecule has 0 spiro atoms. The predicted molar refractivity (Wildman–Crippen MR) is 133 cm³/mol. The Hall–Kier alpha value is -3.99. The standard InChI is InChI=1S/C24H19ClN4O5S/c25-17-7-4-8-19(13-17)29-23(31)21(22(30)28-24(29)32)15-26-18-9-11-20(12-10-18)35(33,34)27-14-16-5-2-1-3-6-16/h1-13,15,27,31H,14H2,(H,28,30,32). The van der Waals surface area contributed by atoms with E-state index in [0.29, 0.717) is 10.7 Å². The molecule has 9 nitrogen and oxygen atoms in total. The summed E-state index contributed by atoms with van der Waals surface area (Å²) in [5.74, 6) is -0.617. The van der Waals surface area contributed by atoms with Crippen molar-refractivity contribution < 1.29 is 13.5 Å². The maximum absolute atomic E-state index is 12.5. The number of nitrogens with one attached hydrogen (secondary N) is 2. The van der Waals surface area contributed by atoms with Crippen LogP contribution in [0.4, 0.5) is 5.69 Å². The Bertz CT molecular complexity index is 1610. The summed E-state index contributed by atoms with van der Waals surface area (Å²) in [6.45, 7) is 0.146. The van der Waals surface area contributed by atoms with Crippen molar-refractivity contribution >= 4 is 33.5 Å². The zero-order chi connectivity index (χ0) is 25.0. The summed E-state index contributed by atoms with van der Waals surface area (Å²) < 4.78 is 28.5. The molecule has 4 aromatic rings. The van der Waals surface area contributed by atoms with Gasteiger partial charge in [-0.05, 0) is 48.0 Å². The fourth-order valence-electron chi connectivity index (χ4n) is 3.22. The first-order valence-electron chi connectivity index (χ1n) is 10.3. The molecule has 1 heterocycles. The monoisotopic (exact) mass is 510 g/mol. The van der Waals surface area contributed by atoms with Crippen molar-refractivity contribution in [2.24, 2.45) is 4.99 Å². The third-order valence-corrected chi connectivity index (χ3v) is 6.64. The van der Waals surface area contributed by atoms with Crippen LogP contribution < -0.4 is 16.0 Å². The van der Waals surface area contributed by atoms with Gasteiger partial charge in [-0.3, -0.25) is 14.8 Å². The Morgan fingerprint density at radius 3 is 2.40 bits per heavy atom. The van der Waals surface area contributed by atoms with Crippen molar-refractivity contribution in [1.82, 2.24) is 14.3 Å². The molecule has 0 aliphatic carbocycles. The van der Waals surface area contributed by atoms with Gasteiger partial charge in [0.05, 0.1) is 16.3 Å². The number of nitrogens with zero attached hydrogens (tertiary/aromatic N) is 2. The second-order valence-electron chi connectivity index (χ2n) is 7.37. The Kier molecular flexibility index (Phi) is 6.97. The van der Waals surface area contributed by atoms with Gasteiger partial charge in [0.25, 0.3) is 5.56 Å². The largest absolute Gasteiger partial charge is 0.493 e. The van der Waals surface area contributed by atoms with Crippen LogP contribution in [0.1, 0.15) is 11.1 Å². The second-order valence-corrected chi connectivity index (χ2v) is 9.58. The zero-order valence-electron chi connectivity index (χ0n) is 18.1. The Labute approximate surface area is 205 Å². The van der Waals surface area contributed by atoms with Crippen LogP contribution in [-0.2, 0) is 16.6 Å². The number of aliphatic imine (C=N–C) groups is 1. The number of benzene rings is 3. The van der Waals surface area contributed by atoms with E-state index in [-0.39, 0.29) is 22.7 Å². The summed E-state index contributed by atoms with van der Waals surface area (Å²) >= 11 is 5.96. The number of halogens is 1. The topological polar surface area (TPSA) is 134 Å². The van der Waals surface area contributed by atoms with Crippen LogP contribution in [0, 0.1) is 0 Å². The first kappa shape index (κ1) is 24.1. The lowest BCUT2D eigenvalue weighted by molar-refractivity contribution is 0.430. The number of rotatable bonds is 7. The van der Waals surface area contributed by atoms with Gasteiger partial charge < -0.3 is 5.11 Å². The highest BCUT2D eigenvalue weighted by Gasteiger charge is 2.15. The Morgan fingerprint density at radius 2 is 1.71 bits per heavy atom. The van der Waals surface area contributed by atoms with Gasteiger partial charge in [0.2, 0.25) is 15.9 Å². The quantitative estimate of drug-likeness (QED) is 0.328. The van der Waals surface area contributed by atoms with E-state index >= 15 is 0 Å². The minimum absolute atomic E-state index is 0.0441. The van der Waals surface area contributed by atoms with Crippen LogP contribution in [0.15, 0.2) is 98.3 Å². The number of hydrogen-bond donors (Lipinski definition) is 3. The number of aromatic nitrogens is 2. The molecule has 0 aliphatic rings. The van der Waals surface area contributed by atoms with Gasteiger partial charge in [-0.15, -0.1) is 0 Å². The first-order chi connectivity index (χ1) is 16.7. The molecular formula is C24H19ClN4O5S. The molecule has 0 saturated heterocycles. The highest BCUT2D eigenvalue weighted by molar-refractivity contribution is 7.89. The normalized spacial score (nSPS) is 11.7. The maximum atomic E-state index is 12.5. The van der Waals surface area contributed by atoms with Crippen molar-refractivity contribution in [1.29, 1.82) is 0 Å². The average molecular weight is 511 g/mol. The van der Waals surface area contributed by atoms with Gasteiger partial charge in [-0.1, -0.05) is 48.0 Å². The molecule has 3 aromatic carbocycles. The van der Waals surface area contributed by atoms with Gasteiger partial charge in [0, 0.05) is 17.8 Å². The lowest BCUT2D eigenvalue weighted by Gasteiger charge is -2.09. The number of aromatic hydroxyl groups is 1. The van der Waals surface area contributed by atoms with E-state index in [9.17, 15) is 23.1 Å². The molecule has 0 unspecified atom stereocenters. The molecule has 0 atom stereocenters. The fourth-order valence-corrected chi connectivity index (χ4v) is 4.42. The van der Waals surface area contributed by atoms with Crippen molar-refractivity contribution in [3.63, 3.8) is 0 Å². The lowest BCUT2D eigenvalue weighted by atomic mass is 10.2. The molecule has 0 saturated carbocycles. The van der Waals surface area contributed by atoms with Crippen LogP contribution in [0.3, 0.4) is 0 Å². The van der Waals surface area contributed by atoms with E-state index in [4.69, 9.17) is 11.6 Å². The first-order valence-corrected chi connectivity index (χ1v) is 12.1. The predicted octanol–water partition coefficient (Wildman–Crippen LogP) is 3.11. The lowest BCUT2D eigenvalue weighted by Crippen LogP contribution is -2.31. The van der Waals surface area contributed by atoms with Crippen molar-refractivity contribution in [2.45, 2.75) is 11.4 Å². The SMILES string of the molecule is O=c1[nH]c(=O)n(-c2cccc(Cl)c2)c(O)c1C=Nc1ccc(S(=O)(=O)NCc2ccccc2)cc1. The Balaban J connectivity index is 1.57. The molecule has 178 valence electrons. The maximum Gasteiger partial charge on any atom is 0.335 e. The molecule has 0 bridgehead atoms. The number of aromatic amines is 1. The smallest absolute Gasteiger partial charge is 0.335 e. The third-order valence-electron chi connectivity index (χ3n) is 4.99. The van der Waals surface area contributed by atoms with Gasteiger partial charge in [0.1, 0.15) is 5.56 Å². The van der Waals surface area contributed by atoms with E-state index in [0.717, 1.165) is 16.3 Å². The van der Waals surface area contributed by atoms with Crippen LogP contribution >= 0.6 is 11.6 Å². The zero-order valence-corrected chi connectivity index (χ0v) is 19.6. The highest BCUT2D eigenvalue weighted by Crippen LogP contribution is 2.20. The average Bonchev–Trinajstić information content (AvgIpc) is 2.83. The van der Waals surface area contributed by atoms with Crippen LogP contribution in [0.5, 0.6) is 5.88 Å². The molecule has 1 aromatic heterocycles. The highest BCUT2D eigenvalue weighted by atomic mass is 35.5. The summed E-state index contributed by atoms with van der Waals surface area (Å²) in [5, 5.41) is 10.9. The van der Waals surface area contributed by atoms with E-state index in [2.05, 4.69) is 14.7 Å². The van der Waals surface area contributed by atoms with Gasteiger partial charge in [-0.25, -0.2) is 22.5 Å². The van der Waals surface area contributed by atoms with Crippen LogP contribution in [-0.4, -0.2) is 29.3 Å². The summed E-state index contributed by atoms with van der Waals surface area (Å²) in [6.07, 6.45) is 1.09. The number of H-pyrrole nitrogens is 1. The molecule has 4 rings (SSSR count). The minimum atomic E-state index is -3.75. The summed E-state index contributed by atoms with van der Waals surface area (Å²) in [6, 6.07) is 20.9. The molecule has 11 heteroatoms. The number of sulfonamides is 1. The minimum Gasteiger partial charge on any atom is -0.493 e. The Morgan fingerprint density at radius 1 is 1.00 bits per heavy atom. The fraction of sp³-hybridized carbons (Fsp3) is 0.0417. The number of hydrogen-bond acceptors (Lipinski definition) is 6. The van der Waals surface area contributed by atoms with E-state index < -0.39 is 27.2 Å². The summed E-state index contributed by atoms with van der Waals surface area (Å²) in [5.41, 5.74) is -0.537. The molecule has 0 fully saturated rings. The molecule has 0 aliphatic heterocycles. The van der Waals surface area contributed by atoms with Crippen LogP contribution in [0.2, 0.25) is 5.02 Å². The molecule has 35 heavy (non-hydrogen) atoms.